The standard InChI is InChI=1S/C35H36N2O8.2ClH/c38-34(39)32(44-24-12-3-1-4-13-24)30-26-16-7-9-18-28(26)42-22-23-43-29-19-10-8-17-27(29)31(37-21-11-20-36-30)33(35(40)41)45-25-14-5-2-6-15-25;;/h1-10,12-19,30-33,36-37H,11,20-23H2,(H,38,39)(H,40,41);2*1H/t30-,31-,32+,33+;;/m1../s1. The van der Waals surface area contributed by atoms with Crippen LogP contribution < -0.4 is 29.6 Å². The molecule has 1 aliphatic heterocycles. The Morgan fingerprint density at radius 3 is 1.34 bits per heavy atom. The summed E-state index contributed by atoms with van der Waals surface area (Å²) < 4.78 is 24.3. The molecule has 12 heteroatoms. The highest BCUT2D eigenvalue weighted by molar-refractivity contribution is 5.85. The smallest absolute Gasteiger partial charge is 0.346 e. The lowest BCUT2D eigenvalue weighted by molar-refractivity contribution is -0.147. The van der Waals surface area contributed by atoms with Gasteiger partial charge in [-0.3, -0.25) is 0 Å². The molecule has 0 bridgehead atoms. The van der Waals surface area contributed by atoms with Gasteiger partial charge in [0.2, 0.25) is 12.2 Å². The van der Waals surface area contributed by atoms with Gasteiger partial charge in [-0.2, -0.15) is 0 Å². The minimum atomic E-state index is -1.27. The van der Waals surface area contributed by atoms with Gasteiger partial charge >= 0.3 is 11.9 Å². The fourth-order valence-electron chi connectivity index (χ4n) is 5.22. The topological polar surface area (TPSA) is 136 Å². The molecule has 0 spiro atoms. The molecule has 0 aromatic heterocycles. The van der Waals surface area contributed by atoms with Gasteiger partial charge in [-0.05, 0) is 55.9 Å². The zero-order valence-corrected chi connectivity index (χ0v) is 27.0. The van der Waals surface area contributed by atoms with Crippen LogP contribution in [0.5, 0.6) is 23.0 Å². The molecule has 0 fully saturated rings. The first-order chi connectivity index (χ1) is 22.0. The number of benzene rings is 4. The predicted molar refractivity (Wildman–Crippen MR) is 181 cm³/mol. The number of ether oxygens (including phenoxy) is 4. The molecule has 1 aliphatic rings. The summed E-state index contributed by atoms with van der Waals surface area (Å²) in [6.07, 6.45) is -2.02. The average molecular weight is 686 g/mol. The van der Waals surface area contributed by atoms with Gasteiger partial charge in [-0.25, -0.2) is 9.59 Å². The molecule has 0 radical (unpaired) electrons. The quantitative estimate of drug-likeness (QED) is 0.183. The number of rotatable bonds is 8. The second-order valence-electron chi connectivity index (χ2n) is 10.4. The number of hydrogen-bond acceptors (Lipinski definition) is 8. The molecule has 47 heavy (non-hydrogen) atoms. The maximum absolute atomic E-state index is 12.6. The van der Waals surface area contributed by atoms with E-state index in [2.05, 4.69) is 10.6 Å². The minimum absolute atomic E-state index is 0. The van der Waals surface area contributed by atoms with Crippen molar-refractivity contribution in [1.82, 2.24) is 10.6 Å². The Hall–Kier alpha value is -4.48. The maximum atomic E-state index is 12.6. The van der Waals surface area contributed by atoms with E-state index in [9.17, 15) is 19.8 Å². The largest absolute Gasteiger partial charge is 0.490 e. The number of aliphatic carboxylic acids is 2. The molecule has 0 aliphatic carbocycles. The van der Waals surface area contributed by atoms with E-state index >= 15 is 0 Å². The van der Waals surface area contributed by atoms with Crippen molar-refractivity contribution in [2.45, 2.75) is 30.7 Å². The molecular formula is C35H38Cl2N2O8. The summed E-state index contributed by atoms with van der Waals surface area (Å²) in [6, 6.07) is 30.6. The first kappa shape index (κ1) is 37.0. The van der Waals surface area contributed by atoms with Gasteiger partial charge in [0.1, 0.15) is 36.2 Å². The third-order valence-corrected chi connectivity index (χ3v) is 7.29. The molecule has 4 aromatic rings. The molecule has 4 aromatic carbocycles. The molecule has 250 valence electrons. The van der Waals surface area contributed by atoms with E-state index in [1.807, 2.05) is 48.5 Å². The van der Waals surface area contributed by atoms with Crippen LogP contribution in [0.15, 0.2) is 109 Å². The molecule has 0 amide bonds. The third-order valence-electron chi connectivity index (χ3n) is 7.29. The van der Waals surface area contributed by atoms with Crippen LogP contribution in [0.3, 0.4) is 0 Å². The molecule has 4 atom stereocenters. The van der Waals surface area contributed by atoms with Crippen LogP contribution in [-0.4, -0.2) is 60.7 Å². The molecule has 0 unspecified atom stereocenters. The number of carboxylic acid groups (broad SMARTS) is 2. The minimum Gasteiger partial charge on any atom is -0.490 e. The predicted octanol–water partition coefficient (Wildman–Crippen LogP) is 5.72. The lowest BCUT2D eigenvalue weighted by Gasteiger charge is -2.28. The summed E-state index contributed by atoms with van der Waals surface area (Å²) in [6.45, 7) is 1.07. The summed E-state index contributed by atoms with van der Waals surface area (Å²) >= 11 is 0. The van der Waals surface area contributed by atoms with Crippen LogP contribution in [-0.2, 0) is 9.59 Å². The van der Waals surface area contributed by atoms with E-state index in [-0.39, 0.29) is 38.0 Å². The zero-order chi connectivity index (χ0) is 31.4. The summed E-state index contributed by atoms with van der Waals surface area (Å²) in [4.78, 5) is 25.2. The van der Waals surface area contributed by atoms with E-state index < -0.39 is 36.2 Å². The van der Waals surface area contributed by atoms with Crippen LogP contribution in [0.1, 0.15) is 29.6 Å². The van der Waals surface area contributed by atoms with Gasteiger partial charge < -0.3 is 39.8 Å². The highest BCUT2D eigenvalue weighted by Gasteiger charge is 2.35. The van der Waals surface area contributed by atoms with Crippen molar-refractivity contribution >= 4 is 36.8 Å². The second kappa shape index (κ2) is 18.6. The molecule has 5 rings (SSSR count). The van der Waals surface area contributed by atoms with E-state index in [0.717, 1.165) is 0 Å². The number of carboxylic acids is 2. The van der Waals surface area contributed by atoms with Crippen LogP contribution in [0, 0.1) is 0 Å². The molecule has 4 N–H and O–H groups in total. The number of halogens is 2. The monoisotopic (exact) mass is 684 g/mol. The van der Waals surface area contributed by atoms with Crippen molar-refractivity contribution in [2.24, 2.45) is 0 Å². The van der Waals surface area contributed by atoms with Crippen molar-refractivity contribution in [2.75, 3.05) is 26.3 Å². The fraction of sp³-hybridized carbons (Fsp3) is 0.257. The van der Waals surface area contributed by atoms with Crippen molar-refractivity contribution in [1.29, 1.82) is 0 Å². The highest BCUT2D eigenvalue weighted by atomic mass is 35.5. The average Bonchev–Trinajstić information content (AvgIpc) is 3.06. The molecule has 0 saturated carbocycles. The fourth-order valence-corrected chi connectivity index (χ4v) is 5.22. The van der Waals surface area contributed by atoms with Gasteiger partial charge in [0.05, 0.1) is 12.1 Å². The van der Waals surface area contributed by atoms with Crippen LogP contribution >= 0.6 is 24.8 Å². The van der Waals surface area contributed by atoms with E-state index in [1.54, 1.807) is 60.7 Å². The van der Waals surface area contributed by atoms with E-state index in [4.69, 9.17) is 18.9 Å². The Morgan fingerprint density at radius 2 is 0.957 bits per heavy atom. The van der Waals surface area contributed by atoms with E-state index in [0.29, 0.717) is 53.6 Å². The van der Waals surface area contributed by atoms with Crippen molar-refractivity contribution in [3.8, 4) is 23.0 Å². The van der Waals surface area contributed by atoms with Crippen molar-refractivity contribution in [3.05, 3.63) is 120 Å². The first-order valence-electron chi connectivity index (χ1n) is 14.8. The van der Waals surface area contributed by atoms with Gasteiger partial charge in [0.15, 0.2) is 0 Å². The van der Waals surface area contributed by atoms with Crippen LogP contribution in [0.2, 0.25) is 0 Å². The Morgan fingerprint density at radius 1 is 0.596 bits per heavy atom. The van der Waals surface area contributed by atoms with Crippen molar-refractivity contribution in [3.63, 3.8) is 0 Å². The Labute approximate surface area is 285 Å². The number of fused-ring (bicyclic) bond motifs is 2. The molecule has 1 heterocycles. The Kier molecular flexibility index (Phi) is 14.6. The molecule has 10 nitrogen and oxygen atoms in total. The summed E-state index contributed by atoms with van der Waals surface area (Å²) in [7, 11) is 0. The van der Waals surface area contributed by atoms with E-state index in [1.165, 1.54) is 0 Å². The third kappa shape index (κ3) is 10.0. The number of hydrogen-bond donors (Lipinski definition) is 4. The molecule has 0 saturated heterocycles. The maximum Gasteiger partial charge on any atom is 0.346 e. The lowest BCUT2D eigenvalue weighted by Crippen LogP contribution is -2.43. The normalized spacial score (nSPS) is 17.8. The van der Waals surface area contributed by atoms with Crippen molar-refractivity contribution < 1.29 is 38.7 Å². The van der Waals surface area contributed by atoms with Gasteiger partial charge in [-0.15, -0.1) is 24.8 Å². The SMILES string of the molecule is Cl.Cl.O=C(O)[C@@H](Oc1ccccc1)[C@@H]1NCCCN[C@@H]([C@H](Oc2ccccc2)C(=O)O)c2ccccc2OCCOc2ccccc21. The number of para-hydroxylation sites is 4. The first-order valence-corrected chi connectivity index (χ1v) is 14.8. The van der Waals surface area contributed by atoms with Gasteiger partial charge in [0, 0.05) is 11.1 Å². The second-order valence-corrected chi connectivity index (χ2v) is 10.4. The summed E-state index contributed by atoms with van der Waals surface area (Å²) in [5.74, 6) is -0.415. The van der Waals surface area contributed by atoms with Crippen LogP contribution in [0.4, 0.5) is 0 Å². The number of carbonyl (C=O) groups is 2. The Bertz CT molecular complexity index is 1430. The van der Waals surface area contributed by atoms with Gasteiger partial charge in [-0.1, -0.05) is 72.8 Å². The lowest BCUT2D eigenvalue weighted by atomic mass is 9.99. The summed E-state index contributed by atoms with van der Waals surface area (Å²) in [5.41, 5.74) is 1.26. The zero-order valence-electron chi connectivity index (χ0n) is 25.4. The van der Waals surface area contributed by atoms with Gasteiger partial charge in [0.25, 0.3) is 0 Å². The van der Waals surface area contributed by atoms with Crippen LogP contribution in [0.25, 0.3) is 0 Å². The summed E-state index contributed by atoms with van der Waals surface area (Å²) in [5, 5.41) is 27.3. The highest BCUT2D eigenvalue weighted by Crippen LogP contribution is 2.32. The molecular weight excluding hydrogens is 647 g/mol. The Balaban J connectivity index is 0.00000300. The number of nitrogens with one attached hydrogen (secondary N) is 2.